The van der Waals surface area contributed by atoms with Gasteiger partial charge in [-0.2, -0.15) is 10.2 Å². The highest BCUT2D eigenvalue weighted by Crippen LogP contribution is 2.35. The summed E-state index contributed by atoms with van der Waals surface area (Å²) in [5, 5.41) is 15.3. The van der Waals surface area contributed by atoms with Gasteiger partial charge in [0.15, 0.2) is 5.65 Å². The molecule has 1 fully saturated rings. The fourth-order valence-corrected chi connectivity index (χ4v) is 5.09. The molecular weight excluding hydrogens is 388 g/mol. The Hall–Kier alpha value is -3.13. The SMILES string of the molecule is Cc1cc(N2Cc3c4ccc(N5CCNCC5)cc4nn3[C@@H](C)C2)c2cnn(C)c2n1. The van der Waals surface area contributed by atoms with Crippen LogP contribution in [0.15, 0.2) is 30.5 Å². The number of hydrogen-bond donors (Lipinski definition) is 1. The van der Waals surface area contributed by atoms with Crippen LogP contribution in [0.2, 0.25) is 0 Å². The summed E-state index contributed by atoms with van der Waals surface area (Å²) in [6.07, 6.45) is 1.94. The molecule has 3 aromatic heterocycles. The first-order valence-corrected chi connectivity index (χ1v) is 11.1. The van der Waals surface area contributed by atoms with Gasteiger partial charge in [-0.1, -0.05) is 0 Å². The third-order valence-corrected chi connectivity index (χ3v) is 6.66. The molecule has 2 aliphatic heterocycles. The lowest BCUT2D eigenvalue weighted by Gasteiger charge is -2.34. The van der Waals surface area contributed by atoms with Gasteiger partial charge in [0.2, 0.25) is 0 Å². The summed E-state index contributed by atoms with van der Waals surface area (Å²) in [4.78, 5) is 9.60. The first kappa shape index (κ1) is 18.6. The van der Waals surface area contributed by atoms with Crippen LogP contribution in [-0.4, -0.2) is 57.3 Å². The fraction of sp³-hybridized carbons (Fsp3) is 0.435. The van der Waals surface area contributed by atoms with Crippen molar-refractivity contribution in [3.05, 3.63) is 41.9 Å². The maximum Gasteiger partial charge on any atom is 0.159 e. The molecule has 160 valence electrons. The highest BCUT2D eigenvalue weighted by atomic mass is 15.4. The van der Waals surface area contributed by atoms with Gasteiger partial charge >= 0.3 is 0 Å². The van der Waals surface area contributed by atoms with Gasteiger partial charge < -0.3 is 15.1 Å². The molecule has 4 aromatic rings. The summed E-state index contributed by atoms with van der Waals surface area (Å²) in [7, 11) is 1.95. The first-order valence-electron chi connectivity index (χ1n) is 11.1. The molecule has 1 saturated heterocycles. The highest BCUT2D eigenvalue weighted by molar-refractivity contribution is 5.91. The Bertz CT molecular complexity index is 1280. The number of nitrogens with zero attached hydrogens (tertiary/aromatic N) is 7. The average molecular weight is 417 g/mol. The molecule has 0 radical (unpaired) electrons. The van der Waals surface area contributed by atoms with Gasteiger partial charge in [0.05, 0.1) is 41.1 Å². The molecule has 1 N–H and O–H groups in total. The summed E-state index contributed by atoms with van der Waals surface area (Å²) in [6, 6.07) is 9.26. The smallest absolute Gasteiger partial charge is 0.159 e. The number of aryl methyl sites for hydroxylation is 2. The van der Waals surface area contributed by atoms with Crippen LogP contribution >= 0.6 is 0 Å². The van der Waals surface area contributed by atoms with Gasteiger partial charge in [0, 0.05) is 56.5 Å². The number of hydrogen-bond acceptors (Lipinski definition) is 6. The molecule has 0 aliphatic carbocycles. The monoisotopic (exact) mass is 416 g/mol. The topological polar surface area (TPSA) is 67.0 Å². The number of anilines is 2. The van der Waals surface area contributed by atoms with Crippen molar-refractivity contribution in [2.75, 3.05) is 42.5 Å². The van der Waals surface area contributed by atoms with E-state index >= 15 is 0 Å². The van der Waals surface area contributed by atoms with Crippen LogP contribution in [-0.2, 0) is 13.6 Å². The van der Waals surface area contributed by atoms with Gasteiger partial charge in [0.25, 0.3) is 0 Å². The van der Waals surface area contributed by atoms with Crippen molar-refractivity contribution in [1.82, 2.24) is 29.9 Å². The van der Waals surface area contributed by atoms with Crippen LogP contribution in [0.4, 0.5) is 11.4 Å². The molecular formula is C23H28N8. The van der Waals surface area contributed by atoms with E-state index in [2.05, 4.69) is 63.0 Å². The number of piperazine rings is 1. The van der Waals surface area contributed by atoms with E-state index in [9.17, 15) is 0 Å². The normalized spacial score (nSPS) is 19.4. The van der Waals surface area contributed by atoms with Gasteiger partial charge in [-0.3, -0.25) is 9.36 Å². The third kappa shape index (κ3) is 2.96. The van der Waals surface area contributed by atoms with Crippen LogP contribution in [0, 0.1) is 6.92 Å². The van der Waals surface area contributed by atoms with E-state index in [1.165, 1.54) is 22.5 Å². The van der Waals surface area contributed by atoms with Crippen LogP contribution in [0.3, 0.4) is 0 Å². The number of pyridine rings is 1. The summed E-state index contributed by atoms with van der Waals surface area (Å²) in [5.74, 6) is 0. The number of nitrogens with one attached hydrogen (secondary N) is 1. The number of fused-ring (bicyclic) bond motifs is 4. The van der Waals surface area contributed by atoms with Crippen molar-refractivity contribution < 1.29 is 0 Å². The van der Waals surface area contributed by atoms with E-state index < -0.39 is 0 Å². The molecule has 2 aliphatic rings. The minimum absolute atomic E-state index is 0.291. The van der Waals surface area contributed by atoms with Gasteiger partial charge in [-0.15, -0.1) is 0 Å². The Labute approximate surface area is 181 Å². The number of rotatable bonds is 2. The third-order valence-electron chi connectivity index (χ3n) is 6.66. The second kappa shape index (κ2) is 6.95. The predicted octanol–water partition coefficient (Wildman–Crippen LogP) is 2.62. The largest absolute Gasteiger partial charge is 0.369 e. The lowest BCUT2D eigenvalue weighted by molar-refractivity contribution is 0.430. The first-order chi connectivity index (χ1) is 15.1. The summed E-state index contributed by atoms with van der Waals surface area (Å²) < 4.78 is 4.09. The molecule has 0 bridgehead atoms. The highest BCUT2D eigenvalue weighted by Gasteiger charge is 2.27. The zero-order valence-electron chi connectivity index (χ0n) is 18.3. The lowest BCUT2D eigenvalue weighted by atomic mass is 10.1. The average Bonchev–Trinajstić information content (AvgIpc) is 3.34. The Balaban J connectivity index is 1.41. The van der Waals surface area contributed by atoms with E-state index in [1.54, 1.807) is 0 Å². The van der Waals surface area contributed by atoms with Crippen LogP contribution < -0.4 is 15.1 Å². The van der Waals surface area contributed by atoms with Crippen LogP contribution in [0.25, 0.3) is 21.9 Å². The van der Waals surface area contributed by atoms with Gasteiger partial charge in [0.1, 0.15) is 0 Å². The van der Waals surface area contributed by atoms with Crippen molar-refractivity contribution >= 4 is 33.3 Å². The molecule has 0 saturated carbocycles. The number of benzene rings is 1. The van der Waals surface area contributed by atoms with E-state index in [0.717, 1.165) is 61.5 Å². The molecule has 31 heavy (non-hydrogen) atoms. The van der Waals surface area contributed by atoms with Crippen molar-refractivity contribution in [1.29, 1.82) is 0 Å². The molecule has 8 heteroatoms. The quantitative estimate of drug-likeness (QED) is 0.542. The Kier molecular flexibility index (Phi) is 4.17. The van der Waals surface area contributed by atoms with Crippen LogP contribution in [0.5, 0.6) is 0 Å². The Morgan fingerprint density at radius 2 is 1.90 bits per heavy atom. The molecule has 6 rings (SSSR count). The zero-order chi connectivity index (χ0) is 21.1. The summed E-state index contributed by atoms with van der Waals surface area (Å²) in [6.45, 7) is 10.2. The van der Waals surface area contributed by atoms with Crippen molar-refractivity contribution in [3.63, 3.8) is 0 Å². The zero-order valence-corrected chi connectivity index (χ0v) is 18.3. The fourth-order valence-electron chi connectivity index (χ4n) is 5.09. The van der Waals surface area contributed by atoms with Crippen molar-refractivity contribution in [3.8, 4) is 0 Å². The number of aromatic nitrogens is 5. The maximum atomic E-state index is 5.02. The summed E-state index contributed by atoms with van der Waals surface area (Å²) >= 11 is 0. The van der Waals surface area contributed by atoms with Gasteiger partial charge in [-0.25, -0.2) is 4.98 Å². The van der Waals surface area contributed by atoms with Gasteiger partial charge in [-0.05, 0) is 38.1 Å². The molecule has 5 heterocycles. The molecule has 1 atom stereocenters. The predicted molar refractivity (Wildman–Crippen MR) is 124 cm³/mol. The van der Waals surface area contributed by atoms with E-state index in [4.69, 9.17) is 10.1 Å². The van der Waals surface area contributed by atoms with E-state index in [0.29, 0.717) is 6.04 Å². The minimum Gasteiger partial charge on any atom is -0.369 e. The lowest BCUT2D eigenvalue weighted by Crippen LogP contribution is -2.43. The minimum atomic E-state index is 0.291. The Morgan fingerprint density at radius 3 is 2.74 bits per heavy atom. The molecule has 1 aromatic carbocycles. The molecule has 8 nitrogen and oxygen atoms in total. The Morgan fingerprint density at radius 1 is 1.06 bits per heavy atom. The molecule has 0 unspecified atom stereocenters. The molecule has 0 amide bonds. The van der Waals surface area contributed by atoms with E-state index in [1.807, 2.05) is 17.9 Å². The second-order valence-corrected chi connectivity index (χ2v) is 8.85. The van der Waals surface area contributed by atoms with Crippen LogP contribution in [0.1, 0.15) is 24.4 Å². The van der Waals surface area contributed by atoms with Crippen molar-refractivity contribution in [2.24, 2.45) is 7.05 Å². The standard InChI is InChI=1S/C23H28N8/c1-15-10-21(19-12-25-28(3)23(19)26-15)30-13-16(2)31-22(14-30)18-5-4-17(11-20(18)27-31)29-8-6-24-7-9-29/h4-5,10-12,16,24H,6-9,13-14H2,1-3H3/t16-/m0/s1. The second-order valence-electron chi connectivity index (χ2n) is 8.85. The van der Waals surface area contributed by atoms with E-state index in [-0.39, 0.29) is 0 Å². The summed E-state index contributed by atoms with van der Waals surface area (Å²) in [5.41, 5.74) is 6.82. The van der Waals surface area contributed by atoms with Crippen molar-refractivity contribution in [2.45, 2.75) is 26.4 Å². The maximum absolute atomic E-state index is 5.02. The molecule has 0 spiro atoms.